The maximum Gasteiger partial charge on any atom is 0.253 e. The molecule has 24 heavy (non-hydrogen) atoms. The Hall–Kier alpha value is -2.14. The second-order valence-corrected chi connectivity index (χ2v) is 6.70. The Bertz CT molecular complexity index is 630. The quantitative estimate of drug-likeness (QED) is 0.856. The number of piperidine rings is 1. The summed E-state index contributed by atoms with van der Waals surface area (Å²) in [5.74, 6) is 0.794. The Morgan fingerprint density at radius 2 is 2.12 bits per heavy atom. The van der Waals surface area contributed by atoms with Crippen molar-refractivity contribution in [2.24, 2.45) is 5.92 Å². The first-order chi connectivity index (χ1) is 11.7. The predicted molar refractivity (Wildman–Crippen MR) is 95.0 cm³/mol. The zero-order valence-corrected chi connectivity index (χ0v) is 14.3. The van der Waals surface area contributed by atoms with Gasteiger partial charge in [-0.15, -0.1) is 0 Å². The van der Waals surface area contributed by atoms with Crippen molar-refractivity contribution < 1.29 is 4.79 Å². The van der Waals surface area contributed by atoms with Gasteiger partial charge in [0.2, 0.25) is 0 Å². The molecular formula is C19H26N4O. The lowest BCUT2D eigenvalue weighted by Crippen LogP contribution is -2.31. The second kappa shape index (κ2) is 8.11. The minimum Gasteiger partial charge on any atom is -0.341 e. The SMILES string of the molecule is CN(CCc1cn[nH]c1)C(=O)c1ccc(C[C@@H]2CCCNC2)cc1. The number of hydrogen-bond donors (Lipinski definition) is 2. The lowest BCUT2D eigenvalue weighted by Gasteiger charge is -2.22. The number of likely N-dealkylation sites (N-methyl/N-ethyl adjacent to an activating group) is 1. The lowest BCUT2D eigenvalue weighted by molar-refractivity contribution is 0.0796. The molecule has 0 unspecified atom stereocenters. The molecule has 1 aliphatic heterocycles. The maximum atomic E-state index is 12.5. The van der Waals surface area contributed by atoms with E-state index in [0.717, 1.165) is 43.0 Å². The summed E-state index contributed by atoms with van der Waals surface area (Å²) in [7, 11) is 1.85. The summed E-state index contributed by atoms with van der Waals surface area (Å²) >= 11 is 0. The fourth-order valence-corrected chi connectivity index (χ4v) is 3.25. The molecule has 2 aromatic rings. The highest BCUT2D eigenvalue weighted by Crippen LogP contribution is 2.17. The van der Waals surface area contributed by atoms with Crippen molar-refractivity contribution >= 4 is 5.91 Å². The van der Waals surface area contributed by atoms with Gasteiger partial charge in [-0.25, -0.2) is 0 Å². The summed E-state index contributed by atoms with van der Waals surface area (Å²) in [6.45, 7) is 2.94. The van der Waals surface area contributed by atoms with E-state index in [1.165, 1.54) is 18.4 Å². The van der Waals surface area contributed by atoms with Gasteiger partial charge in [0.05, 0.1) is 6.20 Å². The van der Waals surface area contributed by atoms with E-state index < -0.39 is 0 Å². The van der Waals surface area contributed by atoms with Crippen molar-refractivity contribution in [3.05, 3.63) is 53.3 Å². The smallest absolute Gasteiger partial charge is 0.253 e. The van der Waals surface area contributed by atoms with E-state index in [4.69, 9.17) is 0 Å². The van der Waals surface area contributed by atoms with Crippen LogP contribution in [0.4, 0.5) is 0 Å². The third-order valence-electron chi connectivity index (χ3n) is 4.76. The van der Waals surface area contributed by atoms with E-state index in [-0.39, 0.29) is 5.91 Å². The molecule has 0 spiro atoms. The number of amides is 1. The number of aromatic nitrogens is 2. The van der Waals surface area contributed by atoms with Crippen LogP contribution in [0.25, 0.3) is 0 Å². The van der Waals surface area contributed by atoms with Crippen molar-refractivity contribution in [2.75, 3.05) is 26.7 Å². The van der Waals surface area contributed by atoms with Crippen LogP contribution in [-0.2, 0) is 12.8 Å². The third kappa shape index (κ3) is 4.45. The molecule has 0 radical (unpaired) electrons. The zero-order valence-electron chi connectivity index (χ0n) is 14.3. The van der Waals surface area contributed by atoms with Crippen LogP contribution in [0.15, 0.2) is 36.7 Å². The Kier molecular flexibility index (Phi) is 5.64. The van der Waals surface area contributed by atoms with Gasteiger partial charge in [0.25, 0.3) is 5.91 Å². The van der Waals surface area contributed by atoms with Gasteiger partial charge in [-0.1, -0.05) is 12.1 Å². The lowest BCUT2D eigenvalue weighted by atomic mass is 9.92. The standard InChI is InChI=1S/C19H26N4O/c1-23(10-8-17-13-21-22-14-17)19(24)18-6-4-15(5-7-18)11-16-3-2-9-20-12-16/h4-7,13-14,16,20H,2-3,8-12H2,1H3,(H,21,22)/t16-/m0/s1. The molecule has 1 atom stereocenters. The number of hydrogen-bond acceptors (Lipinski definition) is 3. The molecule has 1 fully saturated rings. The van der Waals surface area contributed by atoms with Crippen molar-refractivity contribution in [2.45, 2.75) is 25.7 Å². The Morgan fingerprint density at radius 3 is 2.79 bits per heavy atom. The predicted octanol–water partition coefficient (Wildman–Crippen LogP) is 2.27. The highest BCUT2D eigenvalue weighted by molar-refractivity contribution is 5.94. The molecule has 1 aromatic carbocycles. The molecule has 2 heterocycles. The van der Waals surface area contributed by atoms with Crippen molar-refractivity contribution in [1.29, 1.82) is 0 Å². The molecule has 1 aromatic heterocycles. The third-order valence-corrected chi connectivity index (χ3v) is 4.76. The molecule has 0 saturated carbocycles. The van der Waals surface area contributed by atoms with Crippen LogP contribution < -0.4 is 5.32 Å². The molecular weight excluding hydrogens is 300 g/mol. The molecule has 1 saturated heterocycles. The molecule has 2 N–H and O–H groups in total. The van der Waals surface area contributed by atoms with Crippen molar-refractivity contribution in [3.8, 4) is 0 Å². The van der Waals surface area contributed by atoms with Crippen LogP contribution in [0, 0.1) is 5.92 Å². The van der Waals surface area contributed by atoms with E-state index in [9.17, 15) is 4.79 Å². The Balaban J connectivity index is 1.52. The first-order valence-corrected chi connectivity index (χ1v) is 8.75. The first-order valence-electron chi connectivity index (χ1n) is 8.75. The van der Waals surface area contributed by atoms with Crippen molar-refractivity contribution in [1.82, 2.24) is 20.4 Å². The highest BCUT2D eigenvalue weighted by Gasteiger charge is 2.15. The normalized spacial score (nSPS) is 17.6. The molecule has 0 aliphatic carbocycles. The summed E-state index contributed by atoms with van der Waals surface area (Å²) in [6, 6.07) is 8.13. The van der Waals surface area contributed by atoms with Gasteiger partial charge in [0, 0.05) is 25.4 Å². The van der Waals surface area contributed by atoms with E-state index in [0.29, 0.717) is 6.54 Å². The van der Waals surface area contributed by atoms with E-state index in [2.05, 4.69) is 27.6 Å². The summed E-state index contributed by atoms with van der Waals surface area (Å²) in [6.07, 6.45) is 8.14. The Morgan fingerprint density at radius 1 is 1.29 bits per heavy atom. The second-order valence-electron chi connectivity index (χ2n) is 6.70. The fourth-order valence-electron chi connectivity index (χ4n) is 3.25. The number of H-pyrrole nitrogens is 1. The molecule has 1 aliphatic rings. The van der Waals surface area contributed by atoms with Gasteiger partial charge in [0.1, 0.15) is 0 Å². The summed E-state index contributed by atoms with van der Waals surface area (Å²) in [5.41, 5.74) is 3.20. The van der Waals surface area contributed by atoms with E-state index in [1.54, 1.807) is 11.1 Å². The van der Waals surface area contributed by atoms with Crippen LogP contribution in [0.5, 0.6) is 0 Å². The van der Waals surface area contributed by atoms with Gasteiger partial charge < -0.3 is 10.2 Å². The van der Waals surface area contributed by atoms with Crippen LogP contribution in [0.3, 0.4) is 0 Å². The molecule has 0 bridgehead atoms. The van der Waals surface area contributed by atoms with Gasteiger partial charge in [-0.3, -0.25) is 9.89 Å². The molecule has 1 amide bonds. The molecule has 128 valence electrons. The van der Waals surface area contributed by atoms with Gasteiger partial charge >= 0.3 is 0 Å². The molecule has 5 heteroatoms. The molecule has 3 rings (SSSR count). The fraction of sp³-hybridized carbons (Fsp3) is 0.474. The first kappa shape index (κ1) is 16.7. The minimum atomic E-state index is 0.0735. The van der Waals surface area contributed by atoms with Crippen LogP contribution >= 0.6 is 0 Å². The van der Waals surface area contributed by atoms with E-state index in [1.807, 2.05) is 25.4 Å². The molecule has 5 nitrogen and oxygen atoms in total. The average molecular weight is 326 g/mol. The topological polar surface area (TPSA) is 61.0 Å². The van der Waals surface area contributed by atoms with Gasteiger partial charge in [-0.05, 0) is 68.0 Å². The number of aromatic amines is 1. The number of carbonyl (C=O) groups excluding carboxylic acids is 1. The number of nitrogens with one attached hydrogen (secondary N) is 2. The average Bonchev–Trinajstić information content (AvgIpc) is 3.14. The van der Waals surface area contributed by atoms with Gasteiger partial charge in [0.15, 0.2) is 0 Å². The number of nitrogens with zero attached hydrogens (tertiary/aromatic N) is 2. The maximum absolute atomic E-state index is 12.5. The number of benzene rings is 1. The van der Waals surface area contributed by atoms with Crippen LogP contribution in [-0.4, -0.2) is 47.7 Å². The summed E-state index contributed by atoms with van der Waals surface area (Å²) in [5, 5.41) is 10.2. The van der Waals surface area contributed by atoms with E-state index >= 15 is 0 Å². The minimum absolute atomic E-state index is 0.0735. The number of carbonyl (C=O) groups is 1. The van der Waals surface area contributed by atoms with Crippen LogP contribution in [0.2, 0.25) is 0 Å². The summed E-state index contributed by atoms with van der Waals surface area (Å²) < 4.78 is 0. The summed E-state index contributed by atoms with van der Waals surface area (Å²) in [4.78, 5) is 14.3. The van der Waals surface area contributed by atoms with Gasteiger partial charge in [-0.2, -0.15) is 5.10 Å². The highest BCUT2D eigenvalue weighted by atomic mass is 16.2. The number of rotatable bonds is 6. The largest absolute Gasteiger partial charge is 0.341 e. The van der Waals surface area contributed by atoms with Crippen LogP contribution in [0.1, 0.15) is 34.3 Å². The zero-order chi connectivity index (χ0) is 16.8. The van der Waals surface area contributed by atoms with Crippen molar-refractivity contribution in [3.63, 3.8) is 0 Å². The Labute approximate surface area is 143 Å². The monoisotopic (exact) mass is 326 g/mol.